The fraction of sp³-hybridized carbons (Fsp3) is 0.667. The van der Waals surface area contributed by atoms with E-state index in [2.05, 4.69) is 5.32 Å². The van der Waals surface area contributed by atoms with Crippen molar-refractivity contribution in [1.82, 2.24) is 5.32 Å². The highest BCUT2D eigenvalue weighted by molar-refractivity contribution is 7.09. The van der Waals surface area contributed by atoms with E-state index < -0.39 is 11.1 Å². The van der Waals surface area contributed by atoms with Gasteiger partial charge in [-0.3, -0.25) is 10.1 Å². The van der Waals surface area contributed by atoms with Gasteiger partial charge < -0.3 is 9.47 Å². The maximum absolute atomic E-state index is 12.3. The van der Waals surface area contributed by atoms with Gasteiger partial charge in [0.15, 0.2) is 0 Å². The zero-order valence-electron chi connectivity index (χ0n) is 13.0. The molecule has 0 fully saturated rings. The average Bonchev–Trinajstić information content (AvgIpc) is 2.89. The maximum Gasteiger partial charge on any atom is 0.326 e. The molecule has 0 amide bonds. The Morgan fingerprint density at radius 2 is 2.10 bits per heavy atom. The molecule has 0 aliphatic rings. The molecule has 0 saturated carbocycles. The number of hydrogen-bond donors (Lipinski definition) is 1. The Morgan fingerprint density at radius 1 is 1.40 bits per heavy atom. The van der Waals surface area contributed by atoms with Crippen LogP contribution in [0.1, 0.15) is 39.0 Å². The largest absolute Gasteiger partial charge is 0.465 e. The smallest absolute Gasteiger partial charge is 0.326 e. The lowest BCUT2D eigenvalue weighted by Crippen LogP contribution is -2.54. The van der Waals surface area contributed by atoms with Crippen LogP contribution in [0.4, 0.5) is 0 Å². The van der Waals surface area contributed by atoms with Crippen LogP contribution in [-0.4, -0.2) is 30.8 Å². The third-order valence-electron chi connectivity index (χ3n) is 3.29. The summed E-state index contributed by atoms with van der Waals surface area (Å²) in [6, 6.07) is 4.05. The molecule has 1 N–H and O–H groups in total. The van der Waals surface area contributed by atoms with Crippen molar-refractivity contribution in [2.24, 2.45) is 0 Å². The van der Waals surface area contributed by atoms with Crippen molar-refractivity contribution < 1.29 is 14.3 Å². The minimum Gasteiger partial charge on any atom is -0.465 e. The van der Waals surface area contributed by atoms with Gasteiger partial charge in [-0.25, -0.2) is 0 Å². The van der Waals surface area contributed by atoms with Crippen LogP contribution in [0, 0.1) is 0 Å². The van der Waals surface area contributed by atoms with Crippen LogP contribution in [0.2, 0.25) is 0 Å². The molecule has 1 aromatic rings. The highest BCUT2D eigenvalue weighted by Crippen LogP contribution is 2.25. The highest BCUT2D eigenvalue weighted by Gasteiger charge is 2.40. The Morgan fingerprint density at radius 3 is 2.60 bits per heavy atom. The second kappa shape index (κ2) is 7.20. The topological polar surface area (TPSA) is 47.6 Å². The molecular weight excluding hydrogens is 274 g/mol. The predicted molar refractivity (Wildman–Crippen MR) is 81.9 cm³/mol. The number of carbonyl (C=O) groups is 1. The van der Waals surface area contributed by atoms with E-state index in [1.54, 1.807) is 18.4 Å². The number of carbonyl (C=O) groups excluding carboxylic acids is 1. The van der Waals surface area contributed by atoms with Crippen LogP contribution in [0.5, 0.6) is 0 Å². The van der Waals surface area contributed by atoms with E-state index >= 15 is 0 Å². The van der Waals surface area contributed by atoms with E-state index in [-0.39, 0.29) is 5.97 Å². The van der Waals surface area contributed by atoms with Crippen molar-refractivity contribution in [2.75, 3.05) is 13.7 Å². The first kappa shape index (κ1) is 17.1. The summed E-state index contributed by atoms with van der Waals surface area (Å²) in [7, 11) is 1.66. The van der Waals surface area contributed by atoms with Crippen LogP contribution in [0.25, 0.3) is 0 Å². The monoisotopic (exact) mass is 299 g/mol. The molecule has 1 aromatic heterocycles. The van der Waals surface area contributed by atoms with Crippen molar-refractivity contribution in [3.63, 3.8) is 0 Å². The van der Waals surface area contributed by atoms with Gasteiger partial charge in [-0.05, 0) is 39.1 Å². The molecule has 1 unspecified atom stereocenters. The lowest BCUT2D eigenvalue weighted by molar-refractivity contribution is -0.153. The molecule has 0 aliphatic carbocycles. The summed E-state index contributed by atoms with van der Waals surface area (Å²) in [6.07, 6.45) is 0.542. The third kappa shape index (κ3) is 4.89. The summed E-state index contributed by atoms with van der Waals surface area (Å²) in [5.41, 5.74) is -1.16. The molecule has 0 spiro atoms. The predicted octanol–water partition coefficient (Wildman–Crippen LogP) is 2.97. The molecule has 0 saturated heterocycles. The number of nitrogens with one attached hydrogen (secondary N) is 1. The minimum atomic E-state index is -0.764. The van der Waals surface area contributed by atoms with Gasteiger partial charge in [-0.15, -0.1) is 11.3 Å². The van der Waals surface area contributed by atoms with Gasteiger partial charge >= 0.3 is 5.97 Å². The van der Waals surface area contributed by atoms with Crippen LogP contribution in [0.3, 0.4) is 0 Å². The van der Waals surface area contributed by atoms with Crippen molar-refractivity contribution in [3.05, 3.63) is 22.4 Å². The van der Waals surface area contributed by atoms with Gasteiger partial charge in [-0.2, -0.15) is 0 Å². The number of rotatable bonds is 8. The normalized spacial score (nSPS) is 14.8. The Kier molecular flexibility index (Phi) is 6.17. The lowest BCUT2D eigenvalue weighted by atomic mass is 9.87. The van der Waals surface area contributed by atoms with Gasteiger partial charge in [0.25, 0.3) is 0 Å². The molecular formula is C15H25NO3S. The van der Waals surface area contributed by atoms with Crippen LogP contribution < -0.4 is 5.32 Å². The van der Waals surface area contributed by atoms with Crippen LogP contribution >= 0.6 is 11.3 Å². The quantitative estimate of drug-likeness (QED) is 0.750. The molecule has 0 radical (unpaired) electrons. The van der Waals surface area contributed by atoms with Crippen molar-refractivity contribution in [3.8, 4) is 0 Å². The highest BCUT2D eigenvalue weighted by atomic mass is 32.1. The minimum absolute atomic E-state index is 0.235. The molecule has 20 heavy (non-hydrogen) atoms. The maximum atomic E-state index is 12.3. The van der Waals surface area contributed by atoms with Gasteiger partial charge in [0.2, 0.25) is 0 Å². The van der Waals surface area contributed by atoms with Crippen molar-refractivity contribution in [2.45, 2.75) is 51.8 Å². The summed E-state index contributed by atoms with van der Waals surface area (Å²) in [5.74, 6) is -0.235. The molecule has 4 nitrogen and oxygen atoms in total. The Balaban J connectivity index is 2.80. The first-order chi connectivity index (χ1) is 9.33. The van der Waals surface area contributed by atoms with E-state index in [9.17, 15) is 4.79 Å². The van der Waals surface area contributed by atoms with E-state index in [0.717, 1.165) is 0 Å². The molecule has 1 rings (SSSR count). The summed E-state index contributed by atoms with van der Waals surface area (Å²) in [6.45, 7) is 8.66. The first-order valence-electron chi connectivity index (χ1n) is 6.83. The Hall–Kier alpha value is -0.910. The first-order valence-corrected chi connectivity index (χ1v) is 7.71. The summed E-state index contributed by atoms with van der Waals surface area (Å²) in [4.78, 5) is 13.5. The van der Waals surface area contributed by atoms with E-state index in [1.807, 2.05) is 45.2 Å². The number of hydrogen-bond acceptors (Lipinski definition) is 5. The third-order valence-corrected chi connectivity index (χ3v) is 4.17. The Labute approximate surface area is 125 Å². The Bertz CT molecular complexity index is 417. The van der Waals surface area contributed by atoms with Crippen LogP contribution in [0.15, 0.2) is 17.5 Å². The molecule has 0 aliphatic heterocycles. The van der Waals surface area contributed by atoms with Crippen LogP contribution in [-0.2, 0) is 20.8 Å². The molecule has 1 atom stereocenters. The van der Waals surface area contributed by atoms with Crippen molar-refractivity contribution in [1.29, 1.82) is 0 Å². The van der Waals surface area contributed by atoms with Gasteiger partial charge in [0.1, 0.15) is 5.54 Å². The zero-order chi connectivity index (χ0) is 15.2. The summed E-state index contributed by atoms with van der Waals surface area (Å²) < 4.78 is 10.7. The van der Waals surface area contributed by atoms with Crippen molar-refractivity contribution >= 4 is 17.3 Å². The summed E-state index contributed by atoms with van der Waals surface area (Å²) in [5, 5.41) is 5.36. The zero-order valence-corrected chi connectivity index (χ0v) is 13.8. The fourth-order valence-corrected chi connectivity index (χ4v) is 2.76. The number of ether oxygens (including phenoxy) is 2. The van der Waals surface area contributed by atoms with Gasteiger partial charge in [-0.1, -0.05) is 6.07 Å². The molecule has 1 heterocycles. The fourth-order valence-electron chi connectivity index (χ4n) is 2.12. The molecule has 5 heteroatoms. The molecule has 0 bridgehead atoms. The molecule has 114 valence electrons. The lowest BCUT2D eigenvalue weighted by Gasteiger charge is -2.35. The van der Waals surface area contributed by atoms with E-state index in [0.29, 0.717) is 19.6 Å². The van der Waals surface area contributed by atoms with Gasteiger partial charge in [0, 0.05) is 25.0 Å². The van der Waals surface area contributed by atoms with Gasteiger partial charge in [0.05, 0.1) is 12.2 Å². The second-order valence-corrected chi connectivity index (χ2v) is 6.66. The van der Waals surface area contributed by atoms with E-state index in [4.69, 9.17) is 9.47 Å². The SMILES string of the molecule is CCOC(=O)C(C)(CC(C)(C)OC)NCc1cccs1. The number of thiophene rings is 1. The average molecular weight is 299 g/mol. The standard InChI is InChI=1S/C15H25NO3S/c1-6-19-13(17)15(4,11-14(2,3)18-5)16-10-12-8-7-9-20-12/h7-9,16H,6,10-11H2,1-5H3. The number of esters is 1. The second-order valence-electron chi connectivity index (χ2n) is 5.63. The van der Waals surface area contributed by atoms with E-state index in [1.165, 1.54) is 4.88 Å². The summed E-state index contributed by atoms with van der Waals surface area (Å²) >= 11 is 1.67. The number of methoxy groups -OCH3 is 1. The molecule has 0 aromatic carbocycles.